The summed E-state index contributed by atoms with van der Waals surface area (Å²) in [6.45, 7) is 1.77. The first-order valence-electron chi connectivity index (χ1n) is 5.55. The van der Waals surface area contributed by atoms with Crippen LogP contribution in [0.2, 0.25) is 0 Å². The number of amidine groups is 1. The number of benzene rings is 2. The fraction of sp³-hybridized carbons (Fsp3) is 0.0714. The molecule has 5 heteroatoms. The van der Waals surface area contributed by atoms with Gasteiger partial charge in [0.1, 0.15) is 17.4 Å². The normalized spacial score (nSPS) is 10.3. The molecule has 0 atom stereocenters. The Morgan fingerprint density at radius 3 is 2.47 bits per heavy atom. The smallest absolute Gasteiger partial charge is 0.168 e. The average molecular weight is 262 g/mol. The van der Waals surface area contributed by atoms with Crippen LogP contribution in [0.5, 0.6) is 11.5 Å². The van der Waals surface area contributed by atoms with Crippen molar-refractivity contribution in [3.8, 4) is 11.5 Å². The second kappa shape index (κ2) is 5.06. The van der Waals surface area contributed by atoms with Gasteiger partial charge in [-0.05, 0) is 42.8 Å². The molecule has 3 N–H and O–H groups in total. The van der Waals surface area contributed by atoms with E-state index in [1.165, 1.54) is 6.07 Å². The van der Waals surface area contributed by atoms with E-state index in [1.807, 2.05) is 0 Å². The lowest BCUT2D eigenvalue weighted by Gasteiger charge is -2.09. The first-order valence-corrected chi connectivity index (χ1v) is 5.55. The number of ether oxygens (including phenoxy) is 1. The molecule has 0 bridgehead atoms. The van der Waals surface area contributed by atoms with Crippen LogP contribution in [0.25, 0.3) is 0 Å². The number of aryl methyl sites for hydroxylation is 1. The maximum Gasteiger partial charge on any atom is 0.168 e. The van der Waals surface area contributed by atoms with Gasteiger partial charge in [0.05, 0.1) is 0 Å². The van der Waals surface area contributed by atoms with Crippen LogP contribution in [-0.4, -0.2) is 5.84 Å². The predicted octanol–water partition coefficient (Wildman–Crippen LogP) is 3.35. The standard InChI is InChI=1S/C14H12F2N2O/c1-8-6-10(3-4-11(8)14(17)18)19-13-5-2-9(15)7-12(13)16/h2-7H,1H3,(H3,17,18). The molecular formula is C14H12F2N2O. The fourth-order valence-electron chi connectivity index (χ4n) is 1.69. The summed E-state index contributed by atoms with van der Waals surface area (Å²) in [4.78, 5) is 0. The van der Waals surface area contributed by atoms with Crippen LogP contribution in [0.4, 0.5) is 8.78 Å². The number of nitrogens with two attached hydrogens (primary N) is 1. The number of hydrogen-bond acceptors (Lipinski definition) is 2. The Morgan fingerprint density at radius 1 is 1.16 bits per heavy atom. The molecule has 0 saturated heterocycles. The van der Waals surface area contributed by atoms with Crippen LogP contribution >= 0.6 is 0 Å². The first-order chi connectivity index (χ1) is 8.97. The lowest BCUT2D eigenvalue weighted by molar-refractivity contribution is 0.437. The van der Waals surface area contributed by atoms with Crippen molar-refractivity contribution in [1.29, 1.82) is 5.41 Å². The van der Waals surface area contributed by atoms with Gasteiger partial charge in [-0.25, -0.2) is 8.78 Å². The lowest BCUT2D eigenvalue weighted by Crippen LogP contribution is -2.12. The Morgan fingerprint density at radius 2 is 1.89 bits per heavy atom. The first kappa shape index (κ1) is 13.0. The minimum absolute atomic E-state index is 0.0444. The summed E-state index contributed by atoms with van der Waals surface area (Å²) in [5.74, 6) is -1.14. The molecule has 0 unspecified atom stereocenters. The number of hydrogen-bond donors (Lipinski definition) is 2. The molecule has 2 aromatic carbocycles. The quantitative estimate of drug-likeness (QED) is 0.658. The van der Waals surface area contributed by atoms with Crippen LogP contribution < -0.4 is 10.5 Å². The van der Waals surface area contributed by atoms with Crippen LogP contribution in [0.3, 0.4) is 0 Å². The van der Waals surface area contributed by atoms with Crippen molar-refractivity contribution in [3.63, 3.8) is 0 Å². The summed E-state index contributed by atoms with van der Waals surface area (Å²) in [5, 5.41) is 7.36. The molecule has 0 fully saturated rings. The Balaban J connectivity index is 2.29. The van der Waals surface area contributed by atoms with Gasteiger partial charge in [-0.3, -0.25) is 5.41 Å². The molecule has 0 aliphatic heterocycles. The van der Waals surface area contributed by atoms with E-state index >= 15 is 0 Å². The molecule has 0 amide bonds. The zero-order valence-corrected chi connectivity index (χ0v) is 10.2. The largest absolute Gasteiger partial charge is 0.454 e. The molecule has 0 heterocycles. The maximum atomic E-state index is 13.4. The second-order valence-corrected chi connectivity index (χ2v) is 4.07. The van der Waals surface area contributed by atoms with E-state index in [0.29, 0.717) is 11.3 Å². The molecule has 0 aliphatic rings. The van der Waals surface area contributed by atoms with Crippen molar-refractivity contribution in [2.75, 3.05) is 0 Å². The van der Waals surface area contributed by atoms with Crippen LogP contribution in [-0.2, 0) is 0 Å². The molecule has 19 heavy (non-hydrogen) atoms. The zero-order chi connectivity index (χ0) is 14.0. The minimum atomic E-state index is -0.770. The van der Waals surface area contributed by atoms with Crippen LogP contribution in [0.15, 0.2) is 36.4 Å². The van der Waals surface area contributed by atoms with Crippen LogP contribution in [0.1, 0.15) is 11.1 Å². The number of rotatable bonds is 3. The summed E-state index contributed by atoms with van der Waals surface area (Å²) in [5.41, 5.74) is 6.73. The summed E-state index contributed by atoms with van der Waals surface area (Å²) in [6, 6.07) is 7.93. The highest BCUT2D eigenvalue weighted by Crippen LogP contribution is 2.26. The van der Waals surface area contributed by atoms with Gasteiger partial charge in [-0.1, -0.05) is 0 Å². The van der Waals surface area contributed by atoms with Gasteiger partial charge in [0, 0.05) is 11.6 Å². The summed E-state index contributed by atoms with van der Waals surface area (Å²) >= 11 is 0. The van der Waals surface area contributed by atoms with Crippen molar-refractivity contribution in [2.45, 2.75) is 6.92 Å². The van der Waals surface area contributed by atoms with Crippen molar-refractivity contribution < 1.29 is 13.5 Å². The molecule has 98 valence electrons. The fourth-order valence-corrected chi connectivity index (χ4v) is 1.69. The lowest BCUT2D eigenvalue weighted by atomic mass is 10.1. The molecule has 0 aromatic heterocycles. The van der Waals surface area contributed by atoms with E-state index < -0.39 is 11.6 Å². The summed E-state index contributed by atoms with van der Waals surface area (Å²) in [6.07, 6.45) is 0. The Kier molecular flexibility index (Phi) is 3.46. The van der Waals surface area contributed by atoms with Gasteiger partial charge >= 0.3 is 0 Å². The highest BCUT2D eigenvalue weighted by molar-refractivity contribution is 5.96. The molecule has 2 aromatic rings. The maximum absolute atomic E-state index is 13.4. The molecule has 3 nitrogen and oxygen atoms in total. The second-order valence-electron chi connectivity index (χ2n) is 4.07. The number of nitrogen functional groups attached to an aromatic ring is 1. The molecule has 0 aliphatic carbocycles. The van der Waals surface area contributed by atoms with Crippen LogP contribution in [0, 0.1) is 24.0 Å². The average Bonchev–Trinajstić information content (AvgIpc) is 2.32. The highest BCUT2D eigenvalue weighted by atomic mass is 19.1. The van der Waals surface area contributed by atoms with Gasteiger partial charge in [0.25, 0.3) is 0 Å². The van der Waals surface area contributed by atoms with Crippen molar-refractivity contribution in [3.05, 3.63) is 59.2 Å². The summed E-state index contributed by atoms with van der Waals surface area (Å²) in [7, 11) is 0. The molecule has 2 rings (SSSR count). The monoisotopic (exact) mass is 262 g/mol. The third-order valence-corrected chi connectivity index (χ3v) is 2.61. The van der Waals surface area contributed by atoms with Gasteiger partial charge in [0.2, 0.25) is 0 Å². The van der Waals surface area contributed by atoms with Crippen molar-refractivity contribution >= 4 is 5.84 Å². The molecule has 0 radical (unpaired) electrons. The van der Waals surface area contributed by atoms with Crippen molar-refractivity contribution in [1.82, 2.24) is 0 Å². The van der Waals surface area contributed by atoms with E-state index in [-0.39, 0.29) is 11.6 Å². The van der Waals surface area contributed by atoms with E-state index in [4.69, 9.17) is 15.9 Å². The Labute approximate surface area is 109 Å². The molecule has 0 spiro atoms. The zero-order valence-electron chi connectivity index (χ0n) is 10.2. The summed E-state index contributed by atoms with van der Waals surface area (Å²) < 4.78 is 31.5. The minimum Gasteiger partial charge on any atom is -0.454 e. The number of nitrogens with one attached hydrogen (secondary N) is 1. The molecular weight excluding hydrogens is 250 g/mol. The molecule has 0 saturated carbocycles. The van der Waals surface area contributed by atoms with E-state index in [2.05, 4.69) is 0 Å². The van der Waals surface area contributed by atoms with Gasteiger partial charge in [-0.15, -0.1) is 0 Å². The van der Waals surface area contributed by atoms with E-state index in [1.54, 1.807) is 25.1 Å². The Hall–Kier alpha value is -2.43. The Bertz CT molecular complexity index is 641. The third kappa shape index (κ3) is 2.88. The predicted molar refractivity (Wildman–Crippen MR) is 68.6 cm³/mol. The van der Waals surface area contributed by atoms with Gasteiger partial charge < -0.3 is 10.5 Å². The third-order valence-electron chi connectivity index (χ3n) is 2.61. The highest BCUT2D eigenvalue weighted by Gasteiger charge is 2.08. The SMILES string of the molecule is Cc1cc(Oc2ccc(F)cc2F)ccc1C(=N)N. The van der Waals surface area contributed by atoms with Gasteiger partial charge in [-0.2, -0.15) is 0 Å². The van der Waals surface area contributed by atoms with E-state index in [0.717, 1.165) is 17.7 Å². The number of halogens is 2. The topological polar surface area (TPSA) is 59.1 Å². The van der Waals surface area contributed by atoms with E-state index in [9.17, 15) is 8.78 Å². The van der Waals surface area contributed by atoms with Crippen molar-refractivity contribution in [2.24, 2.45) is 5.73 Å². The van der Waals surface area contributed by atoms with Gasteiger partial charge in [0.15, 0.2) is 11.6 Å².